The number of anilines is 1. The second-order valence-electron chi connectivity index (χ2n) is 20.2. The van der Waals surface area contributed by atoms with Crippen LogP contribution in [0.5, 0.6) is 0 Å². The number of rotatable bonds is 23. The van der Waals surface area contributed by atoms with Crippen molar-refractivity contribution in [3.63, 3.8) is 0 Å². The summed E-state index contributed by atoms with van der Waals surface area (Å²) in [4.78, 5) is 10.4. The molecule has 0 saturated heterocycles. The Kier molecular flexibility index (Phi) is 17.9. The number of methoxy groups -OCH3 is 2. The van der Waals surface area contributed by atoms with Gasteiger partial charge in [-0.3, -0.25) is 22.8 Å². The third kappa shape index (κ3) is 13.1. The fourth-order valence-electron chi connectivity index (χ4n) is 11.2. The van der Waals surface area contributed by atoms with Crippen LogP contribution >= 0.6 is 0 Å². The van der Waals surface area contributed by atoms with Crippen LogP contribution in [0, 0.1) is 13.8 Å². The molecule has 0 fully saturated rings. The van der Waals surface area contributed by atoms with Crippen molar-refractivity contribution >= 4 is 111 Å². The lowest BCUT2D eigenvalue weighted by Gasteiger charge is -2.31. The molecule has 2 heterocycles. The van der Waals surface area contributed by atoms with Crippen LogP contribution in [0.2, 0.25) is 0 Å². The molecule has 0 amide bonds. The van der Waals surface area contributed by atoms with Crippen LogP contribution in [-0.2, 0) is 81.0 Å². The van der Waals surface area contributed by atoms with E-state index in [-0.39, 0.29) is 102 Å². The number of carbonyl (C=O) groups is 1. The van der Waals surface area contributed by atoms with Crippen molar-refractivity contribution in [2.45, 2.75) is 83.8 Å². The van der Waals surface area contributed by atoms with Gasteiger partial charge < -0.3 is 24.0 Å². The number of fused-ring (bicyclic) bond motifs is 6. The quantitative estimate of drug-likeness (QED) is 0.0239. The Morgan fingerprint density at radius 1 is 0.659 bits per heavy atom. The van der Waals surface area contributed by atoms with Crippen LogP contribution < -0.4 is 4.90 Å². The molecule has 444 valence electrons. The number of ether oxygens (including phenoxy) is 2. The average Bonchev–Trinajstić information content (AvgIpc) is 2.45. The molecule has 82 heavy (non-hydrogen) atoms. The summed E-state index contributed by atoms with van der Waals surface area (Å²) in [5.41, 5.74) is 0.345. The number of nitrogens with zero attached hydrogens (tertiary/aromatic N) is 2. The van der Waals surface area contributed by atoms with E-state index in [0.717, 1.165) is 12.1 Å². The Balaban J connectivity index is 1.60. The van der Waals surface area contributed by atoms with Crippen LogP contribution in [0.3, 0.4) is 0 Å². The van der Waals surface area contributed by atoms with Crippen molar-refractivity contribution in [2.24, 2.45) is 0 Å². The van der Waals surface area contributed by atoms with Gasteiger partial charge in [-0.25, -0.2) is 13.2 Å². The number of aryl methyl sites for hydroxylation is 2. The van der Waals surface area contributed by atoms with Crippen molar-refractivity contribution in [1.29, 1.82) is 0 Å². The highest BCUT2D eigenvalue weighted by Gasteiger charge is 2.50. The van der Waals surface area contributed by atoms with Crippen molar-refractivity contribution in [3.8, 4) is 0 Å². The largest absolute Gasteiger partial charge is 0.744 e. The molecule has 6 N–H and O–H groups in total. The molecule has 5 aromatic rings. The topological polar surface area (TPSA) is 391 Å². The molecule has 24 nitrogen and oxygen atoms in total. The third-order valence-electron chi connectivity index (χ3n) is 14.7. The third-order valence-corrected chi connectivity index (χ3v) is 19.8. The van der Waals surface area contributed by atoms with Gasteiger partial charge in [-0.15, -0.1) is 0 Å². The van der Waals surface area contributed by atoms with Crippen LogP contribution in [0.25, 0.3) is 27.1 Å². The van der Waals surface area contributed by atoms with Crippen molar-refractivity contribution in [2.75, 3.05) is 56.9 Å². The maximum absolute atomic E-state index is 12.9. The lowest BCUT2D eigenvalue weighted by Crippen LogP contribution is -2.33. The van der Waals surface area contributed by atoms with Crippen molar-refractivity contribution < 1.29 is 102 Å². The maximum atomic E-state index is 12.9. The summed E-state index contributed by atoms with van der Waals surface area (Å²) in [5.74, 6) is -2.74. The van der Waals surface area contributed by atoms with E-state index in [1.54, 1.807) is 61.5 Å². The fourth-order valence-corrected chi connectivity index (χ4v) is 14.9. The Labute approximate surface area is 474 Å². The van der Waals surface area contributed by atoms with Gasteiger partial charge in [-0.2, -0.15) is 46.7 Å². The van der Waals surface area contributed by atoms with Gasteiger partial charge in [0.1, 0.15) is 21.6 Å². The summed E-state index contributed by atoms with van der Waals surface area (Å²) in [6.45, 7) is 6.25. The maximum Gasteiger partial charge on any atom is 0.335 e. The first-order valence-electron chi connectivity index (χ1n) is 24.6. The molecule has 7 rings (SSSR count). The highest BCUT2D eigenvalue weighted by atomic mass is 32.2. The van der Waals surface area contributed by atoms with Gasteiger partial charge >= 0.3 is 5.97 Å². The first-order chi connectivity index (χ1) is 37.8. The minimum Gasteiger partial charge on any atom is -0.744 e. The molecule has 30 heteroatoms. The zero-order valence-electron chi connectivity index (χ0n) is 44.7. The number of aromatic carboxylic acids is 1. The molecule has 0 spiro atoms. The first kappa shape index (κ1) is 63.7. The van der Waals surface area contributed by atoms with Gasteiger partial charge in [0, 0.05) is 85.7 Å². The average molecular weight is 1260 g/mol. The fraction of sp³-hybridized carbons (Fsp3) is 0.346. The minimum atomic E-state index is -5.44. The van der Waals surface area contributed by atoms with E-state index < -0.39 is 109 Å². The molecule has 2 aliphatic rings. The highest BCUT2D eigenvalue weighted by Crippen LogP contribution is 2.54. The zero-order chi connectivity index (χ0) is 61.1. The molecule has 0 bridgehead atoms. The molecule has 2 unspecified atom stereocenters. The lowest BCUT2D eigenvalue weighted by atomic mass is 9.74. The predicted molar refractivity (Wildman–Crippen MR) is 300 cm³/mol. The molecule has 0 radical (unpaired) electrons. The second kappa shape index (κ2) is 23.0. The summed E-state index contributed by atoms with van der Waals surface area (Å²) in [6.07, 6.45) is 6.05. The summed E-state index contributed by atoms with van der Waals surface area (Å²) in [7, 11) is -27.3. The van der Waals surface area contributed by atoms with Crippen molar-refractivity contribution in [1.82, 2.24) is 0 Å². The van der Waals surface area contributed by atoms with Crippen LogP contribution in [0.4, 0.5) is 11.4 Å². The Morgan fingerprint density at radius 3 is 1.68 bits per heavy atom. The van der Waals surface area contributed by atoms with Gasteiger partial charge in [0.2, 0.25) is 5.69 Å². The number of carboxylic acid groups (broad SMARTS) is 1. The normalized spacial score (nSPS) is 18.9. The van der Waals surface area contributed by atoms with E-state index in [0.29, 0.717) is 45.8 Å². The molecule has 2 aliphatic heterocycles. The van der Waals surface area contributed by atoms with Gasteiger partial charge in [-0.1, -0.05) is 12.1 Å². The second-order valence-corrected chi connectivity index (χ2v) is 29.0. The Hall–Kier alpha value is -5.84. The van der Waals surface area contributed by atoms with Crippen molar-refractivity contribution in [3.05, 3.63) is 124 Å². The van der Waals surface area contributed by atoms with E-state index in [2.05, 4.69) is 0 Å². The van der Waals surface area contributed by atoms with E-state index in [1.165, 1.54) is 50.6 Å². The molecular formula is C52H58N2O22S6. The van der Waals surface area contributed by atoms with Crippen LogP contribution in [0.15, 0.2) is 110 Å². The molecular weight excluding hydrogens is 1200 g/mol. The lowest BCUT2D eigenvalue weighted by molar-refractivity contribution is -0.437. The summed E-state index contributed by atoms with van der Waals surface area (Å²) in [6, 6.07) is 11.4. The van der Waals surface area contributed by atoms with E-state index in [4.69, 9.17) is 9.47 Å². The van der Waals surface area contributed by atoms with Crippen LogP contribution in [-0.4, -0.2) is 151 Å². The van der Waals surface area contributed by atoms with Gasteiger partial charge in [0.15, 0.2) is 5.71 Å². The Morgan fingerprint density at radius 2 is 1.17 bits per heavy atom. The number of carboxylic acids is 1. The molecule has 0 saturated carbocycles. The van der Waals surface area contributed by atoms with Crippen LogP contribution in [0.1, 0.15) is 77.7 Å². The number of hydrogen-bond donors (Lipinski definition) is 6. The molecule has 0 aromatic heterocycles. The summed E-state index contributed by atoms with van der Waals surface area (Å²) >= 11 is 0. The number of hydrogen-bond acceptors (Lipinski definition) is 17. The van der Waals surface area contributed by atoms with Gasteiger partial charge in [0.05, 0.1) is 37.2 Å². The monoisotopic (exact) mass is 1250 g/mol. The van der Waals surface area contributed by atoms with Gasteiger partial charge in [-0.05, 0) is 146 Å². The first-order valence-corrected chi connectivity index (χ1v) is 33.6. The Bertz CT molecular complexity index is 4320. The smallest absolute Gasteiger partial charge is 0.335 e. The molecule has 0 aliphatic carbocycles. The van der Waals surface area contributed by atoms with E-state index in [1.807, 2.05) is 0 Å². The standard InChI is InChI=1S/C52H58N2O22S6/c1-31-25-34(50(55)56)26-32(2)47(31)33(9-15-45-51(3,17-21-75-5)48-39-27-35(79(63,64)65)29-43(81(69,70)71)37(39)11-13-41(48)53(45)19-7-23-77(57,58)59)10-16-46-52(4,18-22-76-6)49-40-28-36(80(66,67)68)30-44(82(72,73)74)38(40)12-14-42(49)54(46)20-8-24-78(60,61)62/h9-16,25-30H,7-8,17-24H2,1-6H3,(H6-,55,56,57,58,59,60,61,62,63,64,65,66,67,68,69,70,71,72,73,74). The molecule has 5 aromatic carbocycles. The summed E-state index contributed by atoms with van der Waals surface area (Å²) in [5, 5.41) is 9.54. The predicted octanol–water partition coefficient (Wildman–Crippen LogP) is 6.24. The minimum absolute atomic E-state index is 0.0218. The molecule has 2 atom stereocenters. The zero-order valence-corrected chi connectivity index (χ0v) is 49.6. The van der Waals surface area contributed by atoms with E-state index >= 15 is 0 Å². The highest BCUT2D eigenvalue weighted by molar-refractivity contribution is 7.87. The number of allylic oxidation sites excluding steroid dienone is 6. The number of benzene rings is 5. The summed E-state index contributed by atoms with van der Waals surface area (Å²) < 4.78 is 227. The SMILES string of the molecule is COCCC1(C)C(/C=C/C(=C/C=C2/N(CCCS(=O)(=O)O)c3ccc4c(S(=O)(=O)O)cc(S(=O)(=O)O)cc4c3C2(C)CCOC)c2c(C)cc(C(=O)O)cc2C)=[N+](CCCS(=O)(=O)O)c2ccc3c(S(=O)(=O)[O-])cc(S(=O)(=O)O)cc3c21. The van der Waals surface area contributed by atoms with E-state index in [9.17, 15) is 87.7 Å². The van der Waals surface area contributed by atoms with Gasteiger partial charge in [0.25, 0.3) is 50.6 Å².